The molecule has 0 fully saturated rings. The summed E-state index contributed by atoms with van der Waals surface area (Å²) >= 11 is 0. The van der Waals surface area contributed by atoms with Gasteiger partial charge < -0.3 is 15.2 Å². The second-order valence-corrected chi connectivity index (χ2v) is 4.23. The topological polar surface area (TPSA) is 51.5 Å². The Morgan fingerprint density at radius 3 is 2.81 bits per heavy atom. The highest BCUT2D eigenvalue weighted by Crippen LogP contribution is 2.23. The van der Waals surface area contributed by atoms with Gasteiger partial charge in [0.15, 0.2) is 0 Å². The van der Waals surface area contributed by atoms with Crippen LogP contribution in [0.5, 0.6) is 5.75 Å². The molecule has 0 amide bonds. The van der Waals surface area contributed by atoms with Gasteiger partial charge in [-0.2, -0.15) is 4.73 Å². The predicted molar refractivity (Wildman–Crippen MR) is 60.8 cm³/mol. The lowest BCUT2D eigenvalue weighted by molar-refractivity contribution is -0.268. The van der Waals surface area contributed by atoms with E-state index >= 15 is 0 Å². The van der Waals surface area contributed by atoms with Crippen molar-refractivity contribution in [2.24, 2.45) is 0 Å². The molecule has 16 heavy (non-hydrogen) atoms. The summed E-state index contributed by atoms with van der Waals surface area (Å²) in [6, 6.07) is 4.69. The monoisotopic (exact) mass is 219 g/mol. The lowest BCUT2D eigenvalue weighted by atomic mass is 10.1. The summed E-state index contributed by atoms with van der Waals surface area (Å²) in [4.78, 5) is 2.07. The number of nitrogens with zero attached hydrogens (tertiary/aromatic N) is 2. The summed E-state index contributed by atoms with van der Waals surface area (Å²) in [5, 5.41) is 21.8. The molecule has 0 unspecified atom stereocenters. The minimum absolute atomic E-state index is 0.0233. The number of fused-ring (bicyclic) bond motifs is 1. The van der Waals surface area contributed by atoms with Gasteiger partial charge in [0.25, 0.3) is 0 Å². The Hall–Kier alpha value is -1.68. The van der Waals surface area contributed by atoms with Crippen LogP contribution in [0.15, 0.2) is 24.4 Å². The highest BCUT2D eigenvalue weighted by molar-refractivity contribution is 5.84. The molecule has 0 saturated carbocycles. The lowest BCUT2D eigenvalue weighted by Crippen LogP contribution is -2.14. The highest BCUT2D eigenvalue weighted by atomic mass is 16.5. The first kappa shape index (κ1) is 10.8. The van der Waals surface area contributed by atoms with Crippen molar-refractivity contribution < 1.29 is 10.3 Å². The Labute approximate surface area is 94.3 Å². The summed E-state index contributed by atoms with van der Waals surface area (Å²) in [6.45, 7) is 0.891. The molecule has 1 N–H and O–H groups in total. The van der Waals surface area contributed by atoms with E-state index in [9.17, 15) is 10.3 Å². The van der Waals surface area contributed by atoms with Crippen molar-refractivity contribution in [3.8, 4) is 5.75 Å². The molecule has 2 rings (SSSR count). The van der Waals surface area contributed by atoms with E-state index in [0.29, 0.717) is 5.52 Å². The van der Waals surface area contributed by atoms with Crippen LogP contribution in [0.2, 0.25) is 0 Å². The van der Waals surface area contributed by atoms with Crippen molar-refractivity contribution in [2.45, 2.75) is 6.42 Å². The number of rotatable bonds is 3. The summed E-state index contributed by atoms with van der Waals surface area (Å²) in [5.41, 5.74) is 1.69. The summed E-state index contributed by atoms with van der Waals surface area (Å²) in [6.07, 6.45) is 2.49. The van der Waals surface area contributed by atoms with Crippen molar-refractivity contribution in [3.63, 3.8) is 0 Å². The standard InChI is InChI=1S/C12H16N2O2/c1-13(2)6-5-9-8-14(16)12-4-3-10(15)7-11(9)12/h3-4,7-8,15-16H,5-6H2,1-2H3/p-1. The first-order valence-corrected chi connectivity index (χ1v) is 5.23. The molecule has 4 heteroatoms. The minimum Gasteiger partial charge on any atom is -0.872 e. The largest absolute Gasteiger partial charge is 0.872 e. The van der Waals surface area contributed by atoms with Gasteiger partial charge in [-0.3, -0.25) is 0 Å². The van der Waals surface area contributed by atoms with Crippen LogP contribution in [0.1, 0.15) is 5.56 Å². The molecule has 0 radical (unpaired) electrons. The molecule has 0 bridgehead atoms. The average Bonchev–Trinajstić information content (AvgIpc) is 2.52. The Bertz CT molecular complexity index is 503. The van der Waals surface area contributed by atoms with Crippen LogP contribution in [0.4, 0.5) is 0 Å². The van der Waals surface area contributed by atoms with Gasteiger partial charge in [0.1, 0.15) is 0 Å². The Morgan fingerprint density at radius 1 is 1.38 bits per heavy atom. The second kappa shape index (κ2) is 4.06. The first-order chi connectivity index (χ1) is 7.58. The third kappa shape index (κ3) is 1.97. The normalized spacial score (nSPS) is 11.4. The smallest absolute Gasteiger partial charge is 0.0867 e. The van der Waals surface area contributed by atoms with Crippen LogP contribution in [-0.4, -0.2) is 35.5 Å². The minimum atomic E-state index is -0.0233. The third-order valence-corrected chi connectivity index (χ3v) is 2.67. The molecule has 1 aromatic carbocycles. The van der Waals surface area contributed by atoms with Crippen LogP contribution >= 0.6 is 0 Å². The van der Waals surface area contributed by atoms with Crippen molar-refractivity contribution in [3.05, 3.63) is 30.0 Å². The molecular weight excluding hydrogens is 204 g/mol. The van der Waals surface area contributed by atoms with Gasteiger partial charge >= 0.3 is 0 Å². The van der Waals surface area contributed by atoms with Crippen molar-refractivity contribution >= 4 is 10.9 Å². The lowest BCUT2D eigenvalue weighted by Gasteiger charge is -2.09. The Morgan fingerprint density at radius 2 is 2.12 bits per heavy atom. The number of aromatic nitrogens is 1. The fourth-order valence-corrected chi connectivity index (χ4v) is 1.80. The zero-order chi connectivity index (χ0) is 11.7. The fraction of sp³-hybridized carbons (Fsp3) is 0.333. The number of hydrogen-bond donors (Lipinski definition) is 1. The molecule has 0 atom stereocenters. The van der Waals surface area contributed by atoms with Crippen LogP contribution in [-0.2, 0) is 6.42 Å². The highest BCUT2D eigenvalue weighted by Gasteiger charge is 2.07. The molecule has 2 aromatic rings. The molecule has 1 aromatic heterocycles. The number of likely N-dealkylation sites (N-methyl/N-ethyl adjacent to an activating group) is 1. The molecule has 0 spiro atoms. The fourth-order valence-electron chi connectivity index (χ4n) is 1.80. The van der Waals surface area contributed by atoms with Gasteiger partial charge in [-0.1, -0.05) is 12.1 Å². The predicted octanol–water partition coefficient (Wildman–Crippen LogP) is 1.06. The first-order valence-electron chi connectivity index (χ1n) is 5.23. The number of benzene rings is 1. The number of hydrogen-bond acceptors (Lipinski definition) is 3. The zero-order valence-electron chi connectivity index (χ0n) is 9.47. The van der Waals surface area contributed by atoms with Gasteiger partial charge in [0.2, 0.25) is 0 Å². The molecule has 0 saturated heterocycles. The van der Waals surface area contributed by atoms with E-state index in [4.69, 9.17) is 0 Å². The second-order valence-electron chi connectivity index (χ2n) is 4.23. The van der Waals surface area contributed by atoms with Gasteiger partial charge in [-0.25, -0.2) is 0 Å². The van der Waals surface area contributed by atoms with Crippen molar-refractivity contribution in [2.75, 3.05) is 20.6 Å². The van der Waals surface area contributed by atoms with Crippen LogP contribution < -0.4 is 5.11 Å². The quantitative estimate of drug-likeness (QED) is 0.785. The zero-order valence-corrected chi connectivity index (χ0v) is 9.47. The van der Waals surface area contributed by atoms with E-state index in [1.165, 1.54) is 6.07 Å². The maximum atomic E-state index is 11.3. The molecule has 0 aliphatic carbocycles. The van der Waals surface area contributed by atoms with Gasteiger partial charge in [-0.15, -0.1) is 5.75 Å². The van der Waals surface area contributed by atoms with Crippen molar-refractivity contribution in [1.82, 2.24) is 9.63 Å². The summed E-state index contributed by atoms with van der Waals surface area (Å²) < 4.78 is 1.08. The maximum Gasteiger partial charge on any atom is 0.0867 e. The van der Waals surface area contributed by atoms with E-state index in [2.05, 4.69) is 4.90 Å². The third-order valence-electron chi connectivity index (χ3n) is 2.67. The molecule has 86 valence electrons. The van der Waals surface area contributed by atoms with Gasteiger partial charge in [0.05, 0.1) is 5.52 Å². The van der Waals surface area contributed by atoms with Crippen molar-refractivity contribution in [1.29, 1.82) is 0 Å². The van der Waals surface area contributed by atoms with Gasteiger partial charge in [0, 0.05) is 18.1 Å². The maximum absolute atomic E-state index is 11.3. The van der Waals surface area contributed by atoms with Crippen LogP contribution in [0, 0.1) is 0 Å². The summed E-state index contributed by atoms with van der Waals surface area (Å²) in [7, 11) is 3.99. The summed E-state index contributed by atoms with van der Waals surface area (Å²) in [5.74, 6) is -0.0233. The van der Waals surface area contributed by atoms with Crippen LogP contribution in [0.25, 0.3) is 10.9 Å². The Balaban J connectivity index is 2.41. The molecule has 4 nitrogen and oxygen atoms in total. The van der Waals surface area contributed by atoms with Crippen LogP contribution in [0.3, 0.4) is 0 Å². The van der Waals surface area contributed by atoms with E-state index in [-0.39, 0.29) is 5.75 Å². The van der Waals surface area contributed by atoms with Gasteiger partial charge in [-0.05, 0) is 32.1 Å². The van der Waals surface area contributed by atoms with E-state index < -0.39 is 0 Å². The Kier molecular flexibility index (Phi) is 2.75. The van der Waals surface area contributed by atoms with E-state index in [0.717, 1.165) is 28.6 Å². The molecular formula is C12H15N2O2-. The van der Waals surface area contributed by atoms with E-state index in [1.54, 1.807) is 18.3 Å². The SMILES string of the molecule is CN(C)CCc1cn(O)c2ccc([O-])cc12. The molecule has 0 aliphatic heterocycles. The molecule has 1 heterocycles. The van der Waals surface area contributed by atoms with E-state index in [1.807, 2.05) is 14.1 Å². The average molecular weight is 219 g/mol. The molecule has 0 aliphatic rings.